The van der Waals surface area contributed by atoms with Crippen molar-refractivity contribution in [1.82, 2.24) is 4.90 Å². The van der Waals surface area contributed by atoms with Gasteiger partial charge in [0.1, 0.15) is 24.2 Å². The number of nitrogens with zero attached hydrogens (tertiary/aromatic N) is 1. The lowest BCUT2D eigenvalue weighted by Gasteiger charge is -2.36. The van der Waals surface area contributed by atoms with Crippen LogP contribution >= 0.6 is 0 Å². The molecule has 1 fully saturated rings. The predicted molar refractivity (Wildman–Crippen MR) is 94.5 cm³/mol. The lowest BCUT2D eigenvalue weighted by molar-refractivity contribution is 0.0502. The predicted octanol–water partition coefficient (Wildman–Crippen LogP) is 3.12. The number of rotatable bonds is 3. The minimum Gasteiger partial charge on any atom is -0.508 e. The van der Waals surface area contributed by atoms with Gasteiger partial charge in [-0.25, -0.2) is 0 Å². The Morgan fingerprint density at radius 2 is 1.92 bits per heavy atom. The highest BCUT2D eigenvalue weighted by Crippen LogP contribution is 2.35. The van der Waals surface area contributed by atoms with Crippen LogP contribution in [0, 0.1) is 0 Å². The van der Waals surface area contributed by atoms with Gasteiger partial charge in [-0.3, -0.25) is 4.90 Å². The van der Waals surface area contributed by atoms with Crippen LogP contribution in [-0.4, -0.2) is 47.5 Å². The number of ether oxygens (including phenoxy) is 2. The largest absolute Gasteiger partial charge is 0.508 e. The minimum atomic E-state index is -0.0442. The van der Waals surface area contributed by atoms with E-state index in [9.17, 15) is 10.2 Å². The molecule has 5 nitrogen and oxygen atoms in total. The van der Waals surface area contributed by atoms with Crippen molar-refractivity contribution in [1.29, 1.82) is 0 Å². The SMILES string of the molecule is Oc1cccc([C@H]2CCCN(C[C@H]3COc4ccc(O)cc4O3)C2)c1. The van der Waals surface area contributed by atoms with Gasteiger partial charge in [0.25, 0.3) is 0 Å². The number of hydrogen-bond donors (Lipinski definition) is 2. The Morgan fingerprint density at radius 1 is 1.04 bits per heavy atom. The van der Waals surface area contributed by atoms with E-state index < -0.39 is 0 Å². The van der Waals surface area contributed by atoms with Crippen molar-refractivity contribution < 1.29 is 19.7 Å². The molecular formula is C20H23NO4. The summed E-state index contributed by atoms with van der Waals surface area (Å²) in [6.07, 6.45) is 2.22. The van der Waals surface area contributed by atoms with Crippen LogP contribution in [0.25, 0.3) is 0 Å². The van der Waals surface area contributed by atoms with Crippen LogP contribution in [0.3, 0.4) is 0 Å². The molecule has 2 atom stereocenters. The Hall–Kier alpha value is -2.40. The van der Waals surface area contributed by atoms with Gasteiger partial charge in [-0.1, -0.05) is 12.1 Å². The zero-order valence-electron chi connectivity index (χ0n) is 14.1. The molecule has 25 heavy (non-hydrogen) atoms. The van der Waals surface area contributed by atoms with Gasteiger partial charge in [-0.15, -0.1) is 0 Å². The molecule has 132 valence electrons. The molecule has 2 aliphatic heterocycles. The lowest BCUT2D eigenvalue weighted by Crippen LogP contribution is -2.44. The third-order valence-corrected chi connectivity index (χ3v) is 4.95. The molecule has 0 amide bonds. The molecule has 2 N–H and O–H groups in total. The Balaban J connectivity index is 1.40. The summed E-state index contributed by atoms with van der Waals surface area (Å²) in [6.45, 7) is 3.31. The number of benzene rings is 2. The fraction of sp³-hybridized carbons (Fsp3) is 0.400. The summed E-state index contributed by atoms with van der Waals surface area (Å²) in [6, 6.07) is 12.5. The van der Waals surface area contributed by atoms with Crippen molar-refractivity contribution in [3.63, 3.8) is 0 Å². The fourth-order valence-electron chi connectivity index (χ4n) is 3.75. The van der Waals surface area contributed by atoms with Crippen molar-refractivity contribution in [2.24, 2.45) is 0 Å². The summed E-state index contributed by atoms with van der Waals surface area (Å²) in [7, 11) is 0. The molecule has 0 bridgehead atoms. The topological polar surface area (TPSA) is 62.2 Å². The van der Waals surface area contributed by atoms with E-state index in [1.54, 1.807) is 24.3 Å². The molecule has 0 saturated carbocycles. The average Bonchev–Trinajstić information content (AvgIpc) is 2.62. The summed E-state index contributed by atoms with van der Waals surface area (Å²) in [4.78, 5) is 2.40. The van der Waals surface area contributed by atoms with E-state index in [0.717, 1.165) is 32.5 Å². The molecule has 2 heterocycles. The fourth-order valence-corrected chi connectivity index (χ4v) is 3.75. The first-order valence-corrected chi connectivity index (χ1v) is 8.81. The second-order valence-corrected chi connectivity index (χ2v) is 6.88. The number of phenolic OH excluding ortho intramolecular Hbond substituents is 2. The molecule has 0 spiro atoms. The third-order valence-electron chi connectivity index (χ3n) is 4.95. The number of aromatic hydroxyl groups is 2. The third kappa shape index (κ3) is 3.66. The standard InChI is InChI=1S/C20H23NO4/c22-16-5-1-3-14(9-16)15-4-2-8-21(11-15)12-18-13-24-19-7-6-17(23)10-20(19)25-18/h1,3,5-7,9-10,15,18,22-23H,2,4,8,11-13H2/t15-,18-/m0/s1. The summed E-state index contributed by atoms with van der Waals surface area (Å²) < 4.78 is 11.8. The molecule has 4 rings (SSSR count). The summed E-state index contributed by atoms with van der Waals surface area (Å²) in [5, 5.41) is 19.3. The first-order chi connectivity index (χ1) is 12.2. The zero-order valence-corrected chi connectivity index (χ0v) is 14.1. The lowest BCUT2D eigenvalue weighted by atomic mass is 9.90. The number of likely N-dealkylation sites (tertiary alicyclic amines) is 1. The highest BCUT2D eigenvalue weighted by Gasteiger charge is 2.27. The van der Waals surface area contributed by atoms with E-state index in [-0.39, 0.29) is 11.9 Å². The zero-order chi connectivity index (χ0) is 17.2. The smallest absolute Gasteiger partial charge is 0.165 e. The van der Waals surface area contributed by atoms with Crippen LogP contribution in [0.2, 0.25) is 0 Å². The van der Waals surface area contributed by atoms with E-state index in [4.69, 9.17) is 9.47 Å². The van der Waals surface area contributed by atoms with Gasteiger partial charge < -0.3 is 19.7 Å². The van der Waals surface area contributed by atoms with Gasteiger partial charge in [-0.2, -0.15) is 0 Å². The van der Waals surface area contributed by atoms with Crippen LogP contribution in [0.1, 0.15) is 24.3 Å². The molecule has 0 aliphatic carbocycles. The van der Waals surface area contributed by atoms with Crippen molar-refractivity contribution in [2.45, 2.75) is 24.9 Å². The second kappa shape index (κ2) is 6.84. The molecule has 0 radical (unpaired) electrons. The molecular weight excluding hydrogens is 318 g/mol. The van der Waals surface area contributed by atoms with E-state index in [2.05, 4.69) is 11.0 Å². The van der Waals surface area contributed by atoms with Crippen LogP contribution in [0.5, 0.6) is 23.0 Å². The van der Waals surface area contributed by atoms with Crippen molar-refractivity contribution in [3.05, 3.63) is 48.0 Å². The number of piperidine rings is 1. The van der Waals surface area contributed by atoms with Gasteiger partial charge in [0.15, 0.2) is 11.5 Å². The van der Waals surface area contributed by atoms with E-state index in [1.165, 1.54) is 5.56 Å². The van der Waals surface area contributed by atoms with E-state index in [0.29, 0.717) is 29.8 Å². The van der Waals surface area contributed by atoms with Crippen LogP contribution < -0.4 is 9.47 Å². The first-order valence-electron chi connectivity index (χ1n) is 8.81. The van der Waals surface area contributed by atoms with E-state index in [1.807, 2.05) is 12.1 Å². The molecule has 2 aromatic rings. The van der Waals surface area contributed by atoms with Gasteiger partial charge in [0, 0.05) is 19.2 Å². The van der Waals surface area contributed by atoms with Crippen molar-refractivity contribution in [3.8, 4) is 23.0 Å². The van der Waals surface area contributed by atoms with Gasteiger partial charge in [0.2, 0.25) is 0 Å². The summed E-state index contributed by atoms with van der Waals surface area (Å²) in [5.74, 6) is 2.24. The van der Waals surface area contributed by atoms with Gasteiger partial charge >= 0.3 is 0 Å². The molecule has 5 heteroatoms. The van der Waals surface area contributed by atoms with Crippen molar-refractivity contribution >= 4 is 0 Å². The van der Waals surface area contributed by atoms with Crippen LogP contribution in [-0.2, 0) is 0 Å². The number of fused-ring (bicyclic) bond motifs is 1. The van der Waals surface area contributed by atoms with E-state index >= 15 is 0 Å². The number of hydrogen-bond acceptors (Lipinski definition) is 5. The summed E-state index contributed by atoms with van der Waals surface area (Å²) in [5.41, 5.74) is 1.20. The monoisotopic (exact) mass is 341 g/mol. The summed E-state index contributed by atoms with van der Waals surface area (Å²) >= 11 is 0. The maximum atomic E-state index is 9.72. The van der Waals surface area contributed by atoms with Crippen molar-refractivity contribution in [2.75, 3.05) is 26.2 Å². The normalized spacial score (nSPS) is 23.4. The highest BCUT2D eigenvalue weighted by molar-refractivity contribution is 5.46. The maximum Gasteiger partial charge on any atom is 0.165 e. The Bertz CT molecular complexity index is 748. The molecule has 1 saturated heterocycles. The maximum absolute atomic E-state index is 9.72. The molecule has 2 aromatic carbocycles. The molecule has 0 aromatic heterocycles. The van der Waals surface area contributed by atoms with Gasteiger partial charge in [-0.05, 0) is 55.1 Å². The van der Waals surface area contributed by atoms with Gasteiger partial charge in [0.05, 0.1) is 0 Å². The Kier molecular flexibility index (Phi) is 4.40. The van der Waals surface area contributed by atoms with Crippen LogP contribution in [0.4, 0.5) is 0 Å². The second-order valence-electron chi connectivity index (χ2n) is 6.88. The molecule has 2 aliphatic rings. The number of phenols is 2. The highest BCUT2D eigenvalue weighted by atomic mass is 16.6. The first kappa shape index (κ1) is 16.1. The average molecular weight is 341 g/mol. The Labute approximate surface area is 147 Å². The molecule has 0 unspecified atom stereocenters. The van der Waals surface area contributed by atoms with Crippen LogP contribution in [0.15, 0.2) is 42.5 Å². The minimum absolute atomic E-state index is 0.0442. The Morgan fingerprint density at radius 3 is 2.80 bits per heavy atom. The quantitative estimate of drug-likeness (QED) is 0.898.